The summed E-state index contributed by atoms with van der Waals surface area (Å²) in [6, 6.07) is 43.5. The summed E-state index contributed by atoms with van der Waals surface area (Å²) < 4.78 is 6.27. The van der Waals surface area contributed by atoms with Gasteiger partial charge in [-0.25, -0.2) is 0 Å². The lowest BCUT2D eigenvalue weighted by molar-refractivity contribution is 0.546. The minimum atomic E-state index is 0.935. The number of benzene rings is 6. The second kappa shape index (κ2) is 11.1. The zero-order valence-corrected chi connectivity index (χ0v) is 25.1. The van der Waals surface area contributed by atoms with Gasteiger partial charge in [0.2, 0.25) is 0 Å². The summed E-state index contributed by atoms with van der Waals surface area (Å²) in [5.41, 5.74) is 13.7. The summed E-state index contributed by atoms with van der Waals surface area (Å²) in [5, 5.41) is 3.53. The van der Waals surface area contributed by atoms with Crippen molar-refractivity contribution in [3.8, 4) is 44.5 Å². The van der Waals surface area contributed by atoms with Crippen LogP contribution in [-0.2, 0) is 6.42 Å². The van der Waals surface area contributed by atoms with E-state index in [1.54, 1.807) is 0 Å². The summed E-state index contributed by atoms with van der Waals surface area (Å²) in [5.74, 6) is 1.08. The van der Waals surface area contributed by atoms with Gasteiger partial charge in [-0.15, -0.1) is 0 Å². The Balaban J connectivity index is 1.42. The molecule has 1 heterocycles. The third kappa shape index (κ3) is 4.56. The lowest BCUT2D eigenvalue weighted by atomic mass is 9.82. The average molecular weight is 577 g/mol. The number of rotatable bonds is 6. The van der Waals surface area contributed by atoms with Crippen LogP contribution in [0.2, 0.25) is 0 Å². The van der Waals surface area contributed by atoms with Crippen molar-refractivity contribution in [1.82, 2.24) is 0 Å². The van der Waals surface area contributed by atoms with Gasteiger partial charge in [-0.2, -0.15) is 0 Å². The maximum atomic E-state index is 6.27. The first kappa shape index (κ1) is 26.9. The summed E-state index contributed by atoms with van der Waals surface area (Å²) in [6.07, 6.45) is 10.4. The average Bonchev–Trinajstić information content (AvgIpc) is 3.49. The third-order valence-electron chi connectivity index (χ3n) is 9.10. The predicted octanol–water partition coefficient (Wildman–Crippen LogP) is 12.5. The molecule has 45 heavy (non-hydrogen) atoms. The van der Waals surface area contributed by atoms with Crippen molar-refractivity contribution in [3.05, 3.63) is 163 Å². The Hall–Kier alpha value is -5.66. The largest absolute Gasteiger partial charge is 0.460 e. The molecule has 0 N–H and O–H groups in total. The fraction of sp³-hybridized carbons (Fsp3) is 0.0455. The van der Waals surface area contributed by atoms with Gasteiger partial charge in [0.05, 0.1) is 0 Å². The van der Waals surface area contributed by atoms with Crippen molar-refractivity contribution in [2.24, 2.45) is 0 Å². The van der Waals surface area contributed by atoms with Gasteiger partial charge in [-0.1, -0.05) is 141 Å². The first-order valence-corrected chi connectivity index (χ1v) is 15.6. The molecule has 0 radical (unpaired) electrons. The van der Waals surface area contributed by atoms with Crippen LogP contribution in [0.4, 0.5) is 0 Å². The molecule has 0 saturated heterocycles. The third-order valence-corrected chi connectivity index (χ3v) is 9.10. The number of hydrogen-bond acceptors (Lipinski definition) is 1. The van der Waals surface area contributed by atoms with E-state index < -0.39 is 0 Å². The number of allylic oxidation sites excluding steroid dienone is 1. The van der Waals surface area contributed by atoms with Crippen molar-refractivity contribution in [2.45, 2.75) is 12.8 Å². The van der Waals surface area contributed by atoms with E-state index in [4.69, 9.17) is 4.42 Å². The van der Waals surface area contributed by atoms with Crippen LogP contribution in [0.1, 0.15) is 28.9 Å². The fourth-order valence-corrected chi connectivity index (χ4v) is 6.95. The lowest BCUT2D eigenvalue weighted by Crippen LogP contribution is -1.97. The van der Waals surface area contributed by atoms with Gasteiger partial charge >= 0.3 is 0 Å². The molecular weight excluding hydrogens is 544 g/mol. The molecule has 1 aliphatic rings. The standard InChI is InChI=1S/C44H32O/c1-3-35-36(4-2)44(34-24-26-42-39(28-34)37-17-11-12-18-41(37)45-42)38-25-23-33(30-15-9-6-10-16-30)27-40(38)43(35)32-21-19-31(20-22-32)29-13-7-5-8-14-29/h3-11,13-17,19-28H,1-2,12,18H2. The number of furan rings is 1. The van der Waals surface area contributed by atoms with Crippen LogP contribution >= 0.6 is 0 Å². The Morgan fingerprint density at radius 1 is 0.511 bits per heavy atom. The summed E-state index contributed by atoms with van der Waals surface area (Å²) >= 11 is 0. The van der Waals surface area contributed by atoms with Gasteiger partial charge in [0, 0.05) is 17.4 Å². The van der Waals surface area contributed by atoms with Crippen LogP contribution in [0.3, 0.4) is 0 Å². The second-order valence-corrected chi connectivity index (χ2v) is 11.6. The SMILES string of the molecule is C=Cc1c(C=C)c(-c2ccc(-c3ccccc3)cc2)c2cc(-c3ccccc3)ccc2c1-c1ccc2oc3c(c2c1)C=CCC3. The van der Waals surface area contributed by atoms with Crippen LogP contribution in [0, 0.1) is 0 Å². The van der Waals surface area contributed by atoms with Gasteiger partial charge in [0.15, 0.2) is 0 Å². The molecule has 1 aliphatic carbocycles. The van der Waals surface area contributed by atoms with E-state index in [1.165, 1.54) is 44.2 Å². The molecule has 0 aliphatic heterocycles. The van der Waals surface area contributed by atoms with Gasteiger partial charge in [-0.3, -0.25) is 0 Å². The quantitative estimate of drug-likeness (QED) is 0.192. The molecule has 8 rings (SSSR count). The van der Waals surface area contributed by atoms with Crippen LogP contribution in [-0.4, -0.2) is 0 Å². The van der Waals surface area contributed by atoms with Gasteiger partial charge in [0.1, 0.15) is 11.3 Å². The smallest absolute Gasteiger partial charge is 0.134 e. The van der Waals surface area contributed by atoms with Crippen molar-refractivity contribution >= 4 is 40.0 Å². The molecule has 0 fully saturated rings. The Labute approximate surface area is 264 Å². The normalized spacial score (nSPS) is 12.4. The molecule has 0 bridgehead atoms. The molecule has 6 aromatic carbocycles. The molecule has 0 spiro atoms. The number of fused-ring (bicyclic) bond motifs is 4. The molecule has 0 amide bonds. The van der Waals surface area contributed by atoms with Gasteiger partial charge in [-0.05, 0) is 91.0 Å². The molecular formula is C44H32O. The van der Waals surface area contributed by atoms with E-state index in [-0.39, 0.29) is 0 Å². The van der Waals surface area contributed by atoms with Crippen molar-refractivity contribution in [3.63, 3.8) is 0 Å². The van der Waals surface area contributed by atoms with E-state index in [0.29, 0.717) is 0 Å². The van der Waals surface area contributed by atoms with Crippen molar-refractivity contribution in [1.29, 1.82) is 0 Å². The highest BCUT2D eigenvalue weighted by atomic mass is 16.3. The maximum absolute atomic E-state index is 6.27. The van der Waals surface area contributed by atoms with Crippen LogP contribution in [0.15, 0.2) is 145 Å². The van der Waals surface area contributed by atoms with Crippen LogP contribution in [0.5, 0.6) is 0 Å². The lowest BCUT2D eigenvalue weighted by Gasteiger charge is -2.21. The highest BCUT2D eigenvalue weighted by Crippen LogP contribution is 2.46. The Morgan fingerprint density at radius 2 is 1.07 bits per heavy atom. The highest BCUT2D eigenvalue weighted by Gasteiger charge is 2.21. The summed E-state index contributed by atoms with van der Waals surface area (Å²) in [6.45, 7) is 8.67. The number of aryl methyl sites for hydroxylation is 1. The summed E-state index contributed by atoms with van der Waals surface area (Å²) in [4.78, 5) is 0. The maximum Gasteiger partial charge on any atom is 0.134 e. The zero-order valence-electron chi connectivity index (χ0n) is 25.1. The van der Waals surface area contributed by atoms with E-state index in [1.807, 2.05) is 12.2 Å². The predicted molar refractivity (Wildman–Crippen MR) is 193 cm³/mol. The molecule has 1 nitrogen and oxygen atoms in total. The first-order valence-electron chi connectivity index (χ1n) is 15.6. The van der Waals surface area contributed by atoms with Crippen LogP contribution < -0.4 is 0 Å². The minimum absolute atomic E-state index is 0.935. The van der Waals surface area contributed by atoms with E-state index in [0.717, 1.165) is 57.4 Å². The van der Waals surface area contributed by atoms with Crippen molar-refractivity contribution in [2.75, 3.05) is 0 Å². The molecule has 0 atom stereocenters. The number of hydrogen-bond donors (Lipinski definition) is 0. The van der Waals surface area contributed by atoms with E-state index in [9.17, 15) is 0 Å². The molecule has 0 unspecified atom stereocenters. The first-order chi connectivity index (χ1) is 22.2. The molecule has 214 valence electrons. The molecule has 1 heteroatoms. The Kier molecular flexibility index (Phi) is 6.65. The Bertz CT molecular complexity index is 2260. The molecule has 0 saturated carbocycles. The van der Waals surface area contributed by atoms with E-state index in [2.05, 4.69) is 147 Å². The van der Waals surface area contributed by atoms with Crippen molar-refractivity contribution < 1.29 is 4.42 Å². The fourth-order valence-electron chi connectivity index (χ4n) is 6.95. The summed E-state index contributed by atoms with van der Waals surface area (Å²) in [7, 11) is 0. The molecule has 1 aromatic heterocycles. The molecule has 7 aromatic rings. The second-order valence-electron chi connectivity index (χ2n) is 11.6. The monoisotopic (exact) mass is 576 g/mol. The van der Waals surface area contributed by atoms with Gasteiger partial charge < -0.3 is 4.42 Å². The zero-order chi connectivity index (χ0) is 30.3. The van der Waals surface area contributed by atoms with Gasteiger partial charge in [0.25, 0.3) is 0 Å². The van der Waals surface area contributed by atoms with Crippen LogP contribution in [0.25, 0.3) is 84.5 Å². The topological polar surface area (TPSA) is 13.1 Å². The highest BCUT2D eigenvalue weighted by molar-refractivity contribution is 6.13. The van der Waals surface area contributed by atoms with E-state index >= 15 is 0 Å². The Morgan fingerprint density at radius 3 is 1.76 bits per heavy atom. The minimum Gasteiger partial charge on any atom is -0.460 e.